The number of hydrogen-bond donors (Lipinski definition) is 2. The van der Waals surface area contributed by atoms with Crippen molar-refractivity contribution in [3.05, 3.63) is 48.0 Å². The van der Waals surface area contributed by atoms with Gasteiger partial charge in [0.1, 0.15) is 5.75 Å². The summed E-state index contributed by atoms with van der Waals surface area (Å²) in [6.45, 7) is 3.21. The van der Waals surface area contributed by atoms with Gasteiger partial charge in [-0.25, -0.2) is 13.2 Å². The van der Waals surface area contributed by atoms with Crippen LogP contribution < -0.4 is 14.8 Å². The summed E-state index contributed by atoms with van der Waals surface area (Å²) in [4.78, 5) is 23.0. The summed E-state index contributed by atoms with van der Waals surface area (Å²) in [5.41, 5.74) is 0.782. The van der Waals surface area contributed by atoms with Crippen molar-refractivity contribution in [3.63, 3.8) is 0 Å². The second kappa shape index (κ2) is 8.54. The molecule has 0 heterocycles. The second-order valence-corrected chi connectivity index (χ2v) is 7.13. The van der Waals surface area contributed by atoms with Gasteiger partial charge in [0.25, 0.3) is 10.0 Å². The van der Waals surface area contributed by atoms with E-state index >= 15 is 0 Å². The van der Waals surface area contributed by atoms with Gasteiger partial charge in [-0.15, -0.1) is 0 Å². The Morgan fingerprint density at radius 2 is 1.85 bits per heavy atom. The number of ether oxygens (including phenoxy) is 2. The number of benzene rings is 2. The molecule has 0 unspecified atom stereocenters. The van der Waals surface area contributed by atoms with Gasteiger partial charge < -0.3 is 9.47 Å². The normalized spacial score (nSPS) is 10.8. The smallest absolute Gasteiger partial charge is 0.411 e. The van der Waals surface area contributed by atoms with Crippen molar-refractivity contribution in [2.24, 2.45) is 0 Å². The molecule has 0 spiro atoms. The number of carbonyl (C=O) groups excluding carboxylic acids is 2. The third-order valence-corrected chi connectivity index (χ3v) is 4.89. The van der Waals surface area contributed by atoms with Crippen LogP contribution in [-0.4, -0.2) is 34.0 Å². The summed E-state index contributed by atoms with van der Waals surface area (Å²) < 4.78 is 37.7. The molecular weight excluding hydrogens is 372 g/mol. The monoisotopic (exact) mass is 392 g/mol. The van der Waals surface area contributed by atoms with E-state index in [1.54, 1.807) is 19.1 Å². The van der Waals surface area contributed by atoms with Gasteiger partial charge in [0.15, 0.2) is 5.78 Å². The largest absolute Gasteiger partial charge is 0.495 e. The van der Waals surface area contributed by atoms with E-state index < -0.39 is 16.1 Å². The van der Waals surface area contributed by atoms with E-state index in [0.29, 0.717) is 5.56 Å². The fourth-order valence-electron chi connectivity index (χ4n) is 2.24. The number of sulfonamides is 1. The molecule has 144 valence electrons. The van der Waals surface area contributed by atoms with Crippen molar-refractivity contribution in [2.75, 3.05) is 23.8 Å². The molecule has 0 aromatic heterocycles. The zero-order valence-corrected chi connectivity index (χ0v) is 15.9. The van der Waals surface area contributed by atoms with Gasteiger partial charge in [0.2, 0.25) is 0 Å². The third-order valence-electron chi connectivity index (χ3n) is 3.51. The molecule has 2 aromatic rings. The Kier molecular flexibility index (Phi) is 6.40. The van der Waals surface area contributed by atoms with Gasteiger partial charge in [-0.3, -0.25) is 14.8 Å². The lowest BCUT2D eigenvalue weighted by molar-refractivity contribution is 0.101. The second-order valence-electron chi connectivity index (χ2n) is 5.45. The lowest BCUT2D eigenvalue weighted by atomic mass is 10.1. The quantitative estimate of drug-likeness (QED) is 0.700. The van der Waals surface area contributed by atoms with Crippen molar-refractivity contribution in [1.29, 1.82) is 0 Å². The summed E-state index contributed by atoms with van der Waals surface area (Å²) in [5, 5.41) is 2.44. The molecular formula is C18H20N2O6S. The van der Waals surface area contributed by atoms with Crippen LogP contribution in [0.4, 0.5) is 16.2 Å². The highest BCUT2D eigenvalue weighted by atomic mass is 32.2. The van der Waals surface area contributed by atoms with Gasteiger partial charge in [0.05, 0.1) is 24.3 Å². The van der Waals surface area contributed by atoms with Crippen LogP contribution in [-0.2, 0) is 14.8 Å². The van der Waals surface area contributed by atoms with E-state index in [1.807, 2.05) is 0 Å². The van der Waals surface area contributed by atoms with Crippen LogP contribution in [0.2, 0.25) is 0 Å². The molecule has 0 fully saturated rings. The van der Waals surface area contributed by atoms with Crippen LogP contribution in [0, 0.1) is 0 Å². The van der Waals surface area contributed by atoms with Crippen LogP contribution >= 0.6 is 0 Å². The number of rotatable bonds is 7. The Hall–Kier alpha value is -3.07. The Morgan fingerprint density at radius 1 is 1.11 bits per heavy atom. The first-order chi connectivity index (χ1) is 12.8. The van der Waals surface area contributed by atoms with E-state index in [-0.39, 0.29) is 34.4 Å². The predicted octanol–water partition coefficient (Wildman–Crippen LogP) is 3.27. The summed E-state index contributed by atoms with van der Waals surface area (Å²) in [5.74, 6) is 0.0991. The van der Waals surface area contributed by atoms with Crippen molar-refractivity contribution in [2.45, 2.75) is 18.7 Å². The Morgan fingerprint density at radius 3 is 2.48 bits per heavy atom. The minimum atomic E-state index is -3.96. The van der Waals surface area contributed by atoms with Gasteiger partial charge >= 0.3 is 6.09 Å². The molecule has 0 bridgehead atoms. The van der Waals surface area contributed by atoms with E-state index in [0.717, 1.165) is 0 Å². The number of hydrogen-bond acceptors (Lipinski definition) is 6. The molecule has 2 aromatic carbocycles. The summed E-state index contributed by atoms with van der Waals surface area (Å²) >= 11 is 0. The molecule has 0 atom stereocenters. The highest BCUT2D eigenvalue weighted by Gasteiger charge is 2.18. The Labute approximate surface area is 157 Å². The maximum absolute atomic E-state index is 12.7. The maximum Gasteiger partial charge on any atom is 0.411 e. The minimum Gasteiger partial charge on any atom is -0.495 e. The Balaban J connectivity index is 2.33. The first-order valence-electron chi connectivity index (χ1n) is 8.02. The molecule has 0 radical (unpaired) electrons. The highest BCUT2D eigenvalue weighted by Crippen LogP contribution is 2.28. The van der Waals surface area contributed by atoms with Crippen LogP contribution in [0.25, 0.3) is 0 Å². The van der Waals surface area contributed by atoms with Crippen molar-refractivity contribution < 1.29 is 27.5 Å². The summed E-state index contributed by atoms with van der Waals surface area (Å²) in [7, 11) is -2.57. The molecule has 8 nitrogen and oxygen atoms in total. The number of amides is 1. The standard InChI is InChI=1S/C18H20N2O6S/c1-4-26-18(22)19-16-11-15(8-9-17(16)25-3)27(23,24)20-14-7-5-6-13(10-14)12(2)21/h5-11,20H,4H2,1-3H3,(H,19,22). The van der Waals surface area contributed by atoms with E-state index in [1.165, 1.54) is 44.4 Å². The number of Topliss-reactive ketones (excluding diaryl/α,β-unsaturated/α-hetero) is 1. The molecule has 1 amide bonds. The van der Waals surface area contributed by atoms with Crippen LogP contribution in [0.5, 0.6) is 5.75 Å². The molecule has 2 N–H and O–H groups in total. The lowest BCUT2D eigenvalue weighted by Crippen LogP contribution is -2.16. The zero-order chi connectivity index (χ0) is 20.0. The number of methoxy groups -OCH3 is 1. The SMILES string of the molecule is CCOC(=O)Nc1cc(S(=O)(=O)Nc2cccc(C(C)=O)c2)ccc1OC. The number of ketones is 1. The molecule has 2 rings (SSSR count). The fourth-order valence-corrected chi connectivity index (χ4v) is 3.32. The molecule has 9 heteroatoms. The van der Waals surface area contributed by atoms with Gasteiger partial charge in [0, 0.05) is 11.3 Å². The molecule has 27 heavy (non-hydrogen) atoms. The van der Waals surface area contributed by atoms with Crippen LogP contribution in [0.3, 0.4) is 0 Å². The van der Waals surface area contributed by atoms with Gasteiger partial charge in [-0.2, -0.15) is 0 Å². The minimum absolute atomic E-state index is 0.0941. The molecule has 0 aliphatic heterocycles. The van der Waals surface area contributed by atoms with Crippen LogP contribution in [0.1, 0.15) is 24.2 Å². The van der Waals surface area contributed by atoms with Gasteiger partial charge in [-0.1, -0.05) is 12.1 Å². The van der Waals surface area contributed by atoms with Crippen molar-refractivity contribution in [1.82, 2.24) is 0 Å². The molecule has 0 saturated carbocycles. The van der Waals surface area contributed by atoms with E-state index in [9.17, 15) is 18.0 Å². The van der Waals surface area contributed by atoms with Crippen molar-refractivity contribution in [3.8, 4) is 5.75 Å². The third kappa shape index (κ3) is 5.20. The Bertz CT molecular complexity index is 956. The average Bonchev–Trinajstić information content (AvgIpc) is 2.61. The maximum atomic E-state index is 12.7. The van der Waals surface area contributed by atoms with E-state index in [2.05, 4.69) is 10.0 Å². The summed E-state index contributed by atoms with van der Waals surface area (Å²) in [6, 6.07) is 10.2. The fraction of sp³-hybridized carbons (Fsp3) is 0.222. The highest BCUT2D eigenvalue weighted by molar-refractivity contribution is 7.92. The van der Waals surface area contributed by atoms with Gasteiger partial charge in [-0.05, 0) is 44.2 Å². The molecule has 0 aliphatic carbocycles. The zero-order valence-electron chi connectivity index (χ0n) is 15.1. The molecule has 0 aliphatic rings. The van der Waals surface area contributed by atoms with E-state index in [4.69, 9.17) is 9.47 Å². The average molecular weight is 392 g/mol. The topological polar surface area (TPSA) is 111 Å². The number of nitrogens with one attached hydrogen (secondary N) is 2. The lowest BCUT2D eigenvalue weighted by Gasteiger charge is -2.13. The number of carbonyl (C=O) groups is 2. The summed E-state index contributed by atoms with van der Waals surface area (Å²) in [6.07, 6.45) is -0.729. The first-order valence-corrected chi connectivity index (χ1v) is 9.50. The molecule has 0 saturated heterocycles. The number of anilines is 2. The first kappa shape index (κ1) is 20.2. The predicted molar refractivity (Wildman–Crippen MR) is 101 cm³/mol. The van der Waals surface area contributed by atoms with Crippen molar-refractivity contribution >= 4 is 33.3 Å². The van der Waals surface area contributed by atoms with Crippen LogP contribution in [0.15, 0.2) is 47.4 Å².